The fraction of sp³-hybridized carbons (Fsp3) is 0.857. The number of thioether (sulfide) groups is 1. The van der Waals surface area contributed by atoms with Gasteiger partial charge < -0.3 is 5.32 Å². The van der Waals surface area contributed by atoms with E-state index in [9.17, 15) is 4.79 Å². The van der Waals surface area contributed by atoms with E-state index in [1.54, 1.807) is 0 Å². The van der Waals surface area contributed by atoms with E-state index in [0.717, 1.165) is 24.5 Å². The summed E-state index contributed by atoms with van der Waals surface area (Å²) >= 11 is 1.41. The molecule has 1 heterocycles. The molecule has 7 heteroatoms. The second kappa shape index (κ2) is 7.24. The van der Waals surface area contributed by atoms with Gasteiger partial charge in [0.25, 0.3) is 0 Å². The Kier molecular flexibility index (Phi) is 5.61. The lowest BCUT2D eigenvalue weighted by molar-refractivity contribution is -0.118. The number of aromatic nitrogens is 4. The maximum Gasteiger partial charge on any atom is 0.230 e. The van der Waals surface area contributed by atoms with Gasteiger partial charge in [-0.1, -0.05) is 39.5 Å². The molecule has 1 aliphatic carbocycles. The summed E-state index contributed by atoms with van der Waals surface area (Å²) in [5.41, 5.74) is 0. The summed E-state index contributed by atoms with van der Waals surface area (Å²) in [6, 6.07) is 0.442. The molecule has 118 valence electrons. The monoisotopic (exact) mass is 311 g/mol. The second-order valence-corrected chi connectivity index (χ2v) is 7.32. The third kappa shape index (κ3) is 4.69. The van der Waals surface area contributed by atoms with Crippen LogP contribution in [0.25, 0.3) is 0 Å². The number of amides is 1. The van der Waals surface area contributed by atoms with E-state index in [2.05, 4.69) is 48.5 Å². The Bertz CT molecular complexity index is 462. The van der Waals surface area contributed by atoms with Crippen LogP contribution in [0.1, 0.15) is 46.6 Å². The van der Waals surface area contributed by atoms with E-state index in [1.165, 1.54) is 11.8 Å². The minimum absolute atomic E-state index is 0.0525. The van der Waals surface area contributed by atoms with Crippen molar-refractivity contribution in [2.75, 3.05) is 12.3 Å². The van der Waals surface area contributed by atoms with Crippen molar-refractivity contribution in [2.24, 2.45) is 17.8 Å². The van der Waals surface area contributed by atoms with Gasteiger partial charge in [-0.2, -0.15) is 0 Å². The molecule has 0 aliphatic heterocycles. The first-order chi connectivity index (χ1) is 9.99. The summed E-state index contributed by atoms with van der Waals surface area (Å²) in [6.07, 6.45) is 2.27. The SMILES string of the molecule is CC(C)C(CNC(=O)CSc1nnnn1C1CC1)C(C)C. The van der Waals surface area contributed by atoms with Gasteiger partial charge >= 0.3 is 0 Å². The molecule has 0 unspecified atom stereocenters. The molecule has 1 saturated carbocycles. The van der Waals surface area contributed by atoms with E-state index in [1.807, 2.05) is 4.68 Å². The zero-order chi connectivity index (χ0) is 15.4. The molecular weight excluding hydrogens is 286 g/mol. The van der Waals surface area contributed by atoms with Crippen molar-refractivity contribution in [1.82, 2.24) is 25.5 Å². The average Bonchev–Trinajstić information content (AvgIpc) is 3.14. The number of nitrogens with one attached hydrogen (secondary N) is 1. The van der Waals surface area contributed by atoms with E-state index in [-0.39, 0.29) is 5.91 Å². The van der Waals surface area contributed by atoms with Crippen molar-refractivity contribution >= 4 is 17.7 Å². The molecule has 0 radical (unpaired) electrons. The van der Waals surface area contributed by atoms with Gasteiger partial charge in [-0.15, -0.1) is 5.10 Å². The molecule has 1 amide bonds. The Morgan fingerprint density at radius 3 is 2.57 bits per heavy atom. The maximum absolute atomic E-state index is 12.0. The van der Waals surface area contributed by atoms with Gasteiger partial charge in [0.1, 0.15) is 0 Å². The number of rotatable bonds is 8. The van der Waals surface area contributed by atoms with Crippen LogP contribution in [0, 0.1) is 17.8 Å². The number of nitrogens with zero attached hydrogens (tertiary/aromatic N) is 4. The average molecular weight is 311 g/mol. The number of carbonyl (C=O) groups is 1. The molecule has 1 aliphatic rings. The number of carbonyl (C=O) groups excluding carboxylic acids is 1. The van der Waals surface area contributed by atoms with E-state index in [4.69, 9.17) is 0 Å². The Labute approximate surface area is 130 Å². The lowest BCUT2D eigenvalue weighted by Gasteiger charge is -2.24. The van der Waals surface area contributed by atoms with Gasteiger partial charge in [-0.3, -0.25) is 4.79 Å². The van der Waals surface area contributed by atoms with Gasteiger partial charge in [-0.05, 0) is 41.0 Å². The zero-order valence-corrected chi connectivity index (χ0v) is 14.1. The minimum Gasteiger partial charge on any atom is -0.355 e. The lowest BCUT2D eigenvalue weighted by atomic mass is 9.85. The molecule has 1 N–H and O–H groups in total. The number of hydrogen-bond acceptors (Lipinski definition) is 5. The largest absolute Gasteiger partial charge is 0.355 e. The molecular formula is C14H25N5OS. The highest BCUT2D eigenvalue weighted by atomic mass is 32.2. The van der Waals surface area contributed by atoms with Crippen LogP contribution in [-0.4, -0.2) is 38.4 Å². The highest BCUT2D eigenvalue weighted by Gasteiger charge is 2.28. The third-order valence-corrected chi connectivity index (χ3v) is 4.87. The number of tetrazole rings is 1. The molecule has 0 atom stereocenters. The second-order valence-electron chi connectivity index (χ2n) is 6.38. The van der Waals surface area contributed by atoms with Gasteiger partial charge in [0.2, 0.25) is 11.1 Å². The molecule has 0 aromatic carbocycles. The van der Waals surface area contributed by atoms with E-state index >= 15 is 0 Å². The van der Waals surface area contributed by atoms with Crippen LogP contribution in [0.2, 0.25) is 0 Å². The van der Waals surface area contributed by atoms with Crippen LogP contribution < -0.4 is 5.32 Å². The molecule has 1 fully saturated rings. The Morgan fingerprint density at radius 1 is 1.33 bits per heavy atom. The summed E-state index contributed by atoms with van der Waals surface area (Å²) in [5, 5.41) is 15.4. The summed E-state index contributed by atoms with van der Waals surface area (Å²) in [7, 11) is 0. The van der Waals surface area contributed by atoms with Crippen molar-refractivity contribution in [2.45, 2.75) is 51.7 Å². The number of hydrogen-bond donors (Lipinski definition) is 1. The van der Waals surface area contributed by atoms with Crippen molar-refractivity contribution < 1.29 is 4.79 Å². The fourth-order valence-corrected chi connectivity index (χ4v) is 3.26. The van der Waals surface area contributed by atoms with Crippen LogP contribution in [-0.2, 0) is 4.79 Å². The molecule has 6 nitrogen and oxygen atoms in total. The summed E-state index contributed by atoms with van der Waals surface area (Å²) < 4.78 is 1.84. The first-order valence-electron chi connectivity index (χ1n) is 7.66. The van der Waals surface area contributed by atoms with Crippen LogP contribution in [0.4, 0.5) is 0 Å². The normalized spacial score (nSPS) is 15.2. The molecule has 1 aromatic rings. The lowest BCUT2D eigenvalue weighted by Crippen LogP contribution is -2.34. The van der Waals surface area contributed by atoms with Crippen molar-refractivity contribution in [1.29, 1.82) is 0 Å². The van der Waals surface area contributed by atoms with E-state index < -0.39 is 0 Å². The first-order valence-corrected chi connectivity index (χ1v) is 8.65. The minimum atomic E-state index is 0.0525. The summed E-state index contributed by atoms with van der Waals surface area (Å²) in [5.74, 6) is 2.07. The van der Waals surface area contributed by atoms with Gasteiger partial charge in [0.15, 0.2) is 0 Å². The highest BCUT2D eigenvalue weighted by Crippen LogP contribution is 2.36. The van der Waals surface area contributed by atoms with Gasteiger partial charge in [-0.25, -0.2) is 4.68 Å². The van der Waals surface area contributed by atoms with E-state index in [0.29, 0.717) is 29.5 Å². The Balaban J connectivity index is 1.75. The predicted octanol–water partition coefficient (Wildman–Crippen LogP) is 2.14. The van der Waals surface area contributed by atoms with Gasteiger partial charge in [0.05, 0.1) is 11.8 Å². The molecule has 2 rings (SSSR count). The molecule has 21 heavy (non-hydrogen) atoms. The summed E-state index contributed by atoms with van der Waals surface area (Å²) in [6.45, 7) is 9.55. The molecule has 1 aromatic heterocycles. The molecule has 0 saturated heterocycles. The van der Waals surface area contributed by atoms with Crippen LogP contribution in [0.15, 0.2) is 5.16 Å². The van der Waals surface area contributed by atoms with Crippen molar-refractivity contribution in [3.05, 3.63) is 0 Å². The quantitative estimate of drug-likeness (QED) is 0.745. The standard InChI is InChI=1S/C14H25N5OS/c1-9(2)12(10(3)4)7-15-13(20)8-21-14-16-17-18-19(14)11-5-6-11/h9-12H,5-8H2,1-4H3,(H,15,20). The van der Waals surface area contributed by atoms with Crippen molar-refractivity contribution in [3.8, 4) is 0 Å². The predicted molar refractivity (Wildman–Crippen MR) is 83.0 cm³/mol. The van der Waals surface area contributed by atoms with Crippen LogP contribution in [0.5, 0.6) is 0 Å². The molecule has 0 spiro atoms. The first kappa shape index (κ1) is 16.3. The topological polar surface area (TPSA) is 72.7 Å². The van der Waals surface area contributed by atoms with Crippen molar-refractivity contribution in [3.63, 3.8) is 0 Å². The smallest absolute Gasteiger partial charge is 0.230 e. The Hall–Kier alpha value is -1.11. The third-order valence-electron chi connectivity index (χ3n) is 3.94. The maximum atomic E-state index is 12.0. The van der Waals surface area contributed by atoms with Crippen LogP contribution >= 0.6 is 11.8 Å². The fourth-order valence-electron chi connectivity index (χ4n) is 2.48. The zero-order valence-electron chi connectivity index (χ0n) is 13.2. The van der Waals surface area contributed by atoms with Crippen LogP contribution in [0.3, 0.4) is 0 Å². The Morgan fingerprint density at radius 2 is 2.00 bits per heavy atom. The highest BCUT2D eigenvalue weighted by molar-refractivity contribution is 7.99. The summed E-state index contributed by atoms with van der Waals surface area (Å²) in [4.78, 5) is 12.0. The van der Waals surface area contributed by atoms with Gasteiger partial charge in [0, 0.05) is 6.54 Å². The molecule has 0 bridgehead atoms.